The number of allylic oxidation sites excluding steroid dienone is 1. The molecule has 3 aromatic rings. The van der Waals surface area contributed by atoms with Crippen molar-refractivity contribution in [2.45, 2.75) is 84.1 Å². The molecule has 0 aliphatic carbocycles. The Morgan fingerprint density at radius 1 is 0.920 bits per heavy atom. The van der Waals surface area contributed by atoms with Crippen molar-refractivity contribution in [2.75, 3.05) is 11.9 Å². The van der Waals surface area contributed by atoms with E-state index in [1.807, 2.05) is 19.9 Å². The van der Waals surface area contributed by atoms with Crippen LogP contribution in [-0.2, 0) is 16.0 Å². The van der Waals surface area contributed by atoms with Crippen LogP contribution >= 0.6 is 0 Å². The molecular weight excluding hydrogens is 637 g/mol. The minimum absolute atomic E-state index is 0.167. The number of aromatic amines is 1. The minimum atomic E-state index is -0.806. The number of H-pyrrole nitrogens is 1. The minimum Gasteiger partial charge on any atom is -0.358 e. The van der Waals surface area contributed by atoms with Crippen LogP contribution in [0.4, 0.5) is 10.1 Å². The smallest absolute Gasteiger partial charge is 0.262 e. The van der Waals surface area contributed by atoms with E-state index in [4.69, 9.17) is 0 Å². The molecule has 10 nitrogen and oxygen atoms in total. The highest BCUT2D eigenvalue weighted by atomic mass is 19.1. The number of piperidine rings is 1. The number of fused-ring (bicyclic) bond motifs is 2. The van der Waals surface area contributed by atoms with Crippen molar-refractivity contribution in [3.05, 3.63) is 99.3 Å². The van der Waals surface area contributed by atoms with Crippen molar-refractivity contribution in [1.82, 2.24) is 20.5 Å². The molecule has 50 heavy (non-hydrogen) atoms. The number of benzene rings is 2. The molecule has 4 heterocycles. The molecule has 0 spiro atoms. The van der Waals surface area contributed by atoms with Gasteiger partial charge in [-0.25, -0.2) is 4.39 Å². The molecular formula is C39H42FN5O5. The number of carbonyl (C=O) groups excluding carboxylic acids is 5. The van der Waals surface area contributed by atoms with E-state index < -0.39 is 23.7 Å². The van der Waals surface area contributed by atoms with E-state index in [9.17, 15) is 28.4 Å². The highest BCUT2D eigenvalue weighted by molar-refractivity contribution is 6.35. The van der Waals surface area contributed by atoms with Gasteiger partial charge in [0.2, 0.25) is 5.91 Å². The molecule has 0 saturated carbocycles. The van der Waals surface area contributed by atoms with E-state index >= 15 is 0 Å². The average Bonchev–Trinajstić information content (AvgIpc) is 3.64. The van der Waals surface area contributed by atoms with E-state index in [2.05, 4.69) is 27.5 Å². The lowest BCUT2D eigenvalue weighted by molar-refractivity contribution is -0.125. The third kappa shape index (κ3) is 7.03. The van der Waals surface area contributed by atoms with Gasteiger partial charge in [-0.15, -0.1) is 0 Å². The molecule has 1 saturated heterocycles. The highest BCUT2D eigenvalue weighted by Crippen LogP contribution is 2.35. The summed E-state index contributed by atoms with van der Waals surface area (Å²) in [6, 6.07) is 8.76. The fourth-order valence-electron chi connectivity index (χ4n) is 7.09. The molecule has 4 N–H and O–H groups in total. The molecule has 5 amide bonds. The highest BCUT2D eigenvalue weighted by Gasteiger charge is 2.44. The first-order chi connectivity index (χ1) is 24.0. The molecule has 1 unspecified atom stereocenters. The maximum atomic E-state index is 13.8. The largest absolute Gasteiger partial charge is 0.358 e. The van der Waals surface area contributed by atoms with Crippen molar-refractivity contribution in [3.8, 4) is 0 Å². The first-order valence-electron chi connectivity index (χ1n) is 17.3. The zero-order valence-electron chi connectivity index (χ0n) is 28.5. The normalized spacial score (nSPS) is 17.7. The van der Waals surface area contributed by atoms with Gasteiger partial charge in [0.15, 0.2) is 0 Å². The van der Waals surface area contributed by atoms with Crippen LogP contribution < -0.4 is 16.0 Å². The Morgan fingerprint density at radius 3 is 2.40 bits per heavy atom. The number of aryl methyl sites for hydroxylation is 2. The number of hydrogen-bond acceptors (Lipinski definition) is 5. The van der Waals surface area contributed by atoms with Crippen molar-refractivity contribution in [3.63, 3.8) is 0 Å². The lowest BCUT2D eigenvalue weighted by Crippen LogP contribution is -2.51. The van der Waals surface area contributed by atoms with Crippen molar-refractivity contribution >= 4 is 46.9 Å². The Labute approximate surface area is 290 Å². The molecule has 6 rings (SSSR count). The third-order valence-electron chi connectivity index (χ3n) is 9.80. The van der Waals surface area contributed by atoms with Gasteiger partial charge in [0, 0.05) is 34.9 Å². The lowest BCUT2D eigenvalue weighted by Gasteiger charge is -2.29. The van der Waals surface area contributed by atoms with E-state index in [0.717, 1.165) is 67.4 Å². The number of carbonyl (C=O) groups is 5. The number of hydrogen-bond donors (Lipinski definition) is 4. The number of imide groups is 1. The van der Waals surface area contributed by atoms with Crippen molar-refractivity contribution in [1.29, 1.82) is 0 Å². The molecule has 1 fully saturated rings. The SMILES string of the molecule is C=C1CCC(N2C(=O)c3ccc(CCCCCCCCCNC(=O)c4c(C)[nH]c(/C=C5\C(=O)Nc6ccc(F)cc65)c4C)cc3C2=O)C(=O)N1. The van der Waals surface area contributed by atoms with Gasteiger partial charge in [-0.05, 0) is 93.5 Å². The van der Waals surface area contributed by atoms with Gasteiger partial charge in [0.05, 0.1) is 22.3 Å². The van der Waals surface area contributed by atoms with Crippen LogP contribution in [0.25, 0.3) is 11.6 Å². The van der Waals surface area contributed by atoms with Gasteiger partial charge in [0.25, 0.3) is 23.6 Å². The third-order valence-corrected chi connectivity index (χ3v) is 9.80. The van der Waals surface area contributed by atoms with Crippen molar-refractivity contribution < 1.29 is 28.4 Å². The Kier molecular flexibility index (Phi) is 10.1. The first kappa shape index (κ1) is 34.5. The van der Waals surface area contributed by atoms with Crippen LogP contribution in [0, 0.1) is 19.7 Å². The van der Waals surface area contributed by atoms with Crippen LogP contribution in [0.3, 0.4) is 0 Å². The standard InChI is InChI=1S/C39H42FN5O5/c1-22-12-17-33(36(47)42-22)45-38(49)27-15-13-25(19-30(27)39(45)50)11-9-7-5-4-6-8-10-18-41-37(48)34-23(2)32(43-24(34)3)21-29-28-20-26(40)14-16-31(28)44-35(29)46/h13-16,19-21,33,43H,1,4-12,17-18H2,2-3H3,(H,41,48)(H,42,47)(H,44,46)/b29-21-. The predicted molar refractivity (Wildman–Crippen MR) is 189 cm³/mol. The molecule has 2 aromatic carbocycles. The summed E-state index contributed by atoms with van der Waals surface area (Å²) in [5.41, 5.74) is 6.35. The number of aromatic nitrogens is 1. The average molecular weight is 680 g/mol. The molecule has 3 aliphatic heterocycles. The number of anilines is 1. The lowest BCUT2D eigenvalue weighted by atomic mass is 10.0. The summed E-state index contributed by atoms with van der Waals surface area (Å²) in [6.07, 6.45) is 10.5. The Morgan fingerprint density at radius 2 is 1.64 bits per heavy atom. The Bertz CT molecular complexity index is 1940. The van der Waals surface area contributed by atoms with Gasteiger partial charge < -0.3 is 20.9 Å². The summed E-state index contributed by atoms with van der Waals surface area (Å²) in [4.78, 5) is 68.4. The molecule has 260 valence electrons. The fraction of sp³-hybridized carbons (Fsp3) is 0.359. The molecule has 1 atom stereocenters. The second kappa shape index (κ2) is 14.7. The van der Waals surface area contributed by atoms with E-state index in [0.29, 0.717) is 70.0 Å². The van der Waals surface area contributed by atoms with Gasteiger partial charge in [-0.1, -0.05) is 44.7 Å². The summed E-state index contributed by atoms with van der Waals surface area (Å²) in [7, 11) is 0. The Balaban J connectivity index is 0.890. The van der Waals surface area contributed by atoms with Gasteiger partial charge in [-0.3, -0.25) is 28.9 Å². The molecule has 1 aromatic heterocycles. The molecule has 0 bridgehead atoms. The zero-order valence-corrected chi connectivity index (χ0v) is 28.5. The second-order valence-electron chi connectivity index (χ2n) is 13.4. The molecule has 0 radical (unpaired) electrons. The van der Waals surface area contributed by atoms with Gasteiger partial charge >= 0.3 is 0 Å². The van der Waals surface area contributed by atoms with E-state index in [1.165, 1.54) is 18.2 Å². The van der Waals surface area contributed by atoms with E-state index in [1.54, 1.807) is 18.2 Å². The van der Waals surface area contributed by atoms with Gasteiger partial charge in [0.1, 0.15) is 11.9 Å². The zero-order chi connectivity index (χ0) is 35.5. The summed E-state index contributed by atoms with van der Waals surface area (Å²) in [6.45, 7) is 7.98. The quantitative estimate of drug-likeness (QED) is 0.0947. The number of halogens is 1. The monoisotopic (exact) mass is 679 g/mol. The topological polar surface area (TPSA) is 140 Å². The maximum absolute atomic E-state index is 13.8. The van der Waals surface area contributed by atoms with Gasteiger partial charge in [-0.2, -0.15) is 0 Å². The second-order valence-corrected chi connectivity index (χ2v) is 13.4. The number of nitrogens with zero attached hydrogens (tertiary/aromatic N) is 1. The summed E-state index contributed by atoms with van der Waals surface area (Å²) in [5.74, 6) is -2.09. The number of nitrogens with one attached hydrogen (secondary N) is 4. The summed E-state index contributed by atoms with van der Waals surface area (Å²) < 4.78 is 13.8. The number of unbranched alkanes of at least 4 members (excludes halogenated alkanes) is 6. The summed E-state index contributed by atoms with van der Waals surface area (Å²) >= 11 is 0. The molecule has 11 heteroatoms. The van der Waals surface area contributed by atoms with Crippen LogP contribution in [0.15, 0.2) is 48.7 Å². The van der Waals surface area contributed by atoms with Crippen LogP contribution in [-0.4, -0.2) is 52.0 Å². The van der Waals surface area contributed by atoms with E-state index in [-0.39, 0.29) is 17.7 Å². The predicted octanol–water partition coefficient (Wildman–Crippen LogP) is 6.35. The van der Waals surface area contributed by atoms with Crippen molar-refractivity contribution in [2.24, 2.45) is 0 Å². The fourth-order valence-corrected chi connectivity index (χ4v) is 7.09. The Hall–Kier alpha value is -5.32. The van der Waals surface area contributed by atoms with Crippen LogP contribution in [0.2, 0.25) is 0 Å². The number of amides is 5. The van der Waals surface area contributed by atoms with Crippen LogP contribution in [0.1, 0.15) is 117 Å². The summed E-state index contributed by atoms with van der Waals surface area (Å²) in [5, 5.41) is 8.42. The maximum Gasteiger partial charge on any atom is 0.262 e. The van der Waals surface area contributed by atoms with Crippen LogP contribution in [0.5, 0.6) is 0 Å². The molecule has 3 aliphatic rings. The number of rotatable bonds is 13. The first-order valence-corrected chi connectivity index (χ1v) is 17.3.